The molecular formula is C11H22F2N2. The van der Waals surface area contributed by atoms with Crippen LogP contribution < -0.4 is 5.32 Å². The third-order valence-electron chi connectivity index (χ3n) is 3.19. The van der Waals surface area contributed by atoms with Gasteiger partial charge in [-0.15, -0.1) is 0 Å². The van der Waals surface area contributed by atoms with E-state index in [-0.39, 0.29) is 6.54 Å². The summed E-state index contributed by atoms with van der Waals surface area (Å²) in [5.74, 6) is 0. The zero-order valence-corrected chi connectivity index (χ0v) is 9.68. The van der Waals surface area contributed by atoms with E-state index in [1.807, 2.05) is 11.9 Å². The van der Waals surface area contributed by atoms with Gasteiger partial charge in [-0.1, -0.05) is 13.3 Å². The van der Waals surface area contributed by atoms with E-state index in [0.717, 1.165) is 25.8 Å². The van der Waals surface area contributed by atoms with Gasteiger partial charge in [-0.2, -0.15) is 0 Å². The fourth-order valence-electron chi connectivity index (χ4n) is 2.41. The highest BCUT2D eigenvalue weighted by Crippen LogP contribution is 2.22. The van der Waals surface area contributed by atoms with Crippen molar-refractivity contribution in [2.24, 2.45) is 0 Å². The van der Waals surface area contributed by atoms with Gasteiger partial charge in [0.25, 0.3) is 6.43 Å². The van der Waals surface area contributed by atoms with E-state index in [4.69, 9.17) is 0 Å². The SMILES string of the molecule is CCNC1CCCC(N(C)CC(F)F)C1. The summed E-state index contributed by atoms with van der Waals surface area (Å²) in [4.78, 5) is 1.81. The van der Waals surface area contributed by atoms with E-state index in [9.17, 15) is 8.78 Å². The minimum atomic E-state index is -2.21. The van der Waals surface area contributed by atoms with Gasteiger partial charge in [0.2, 0.25) is 0 Å². The number of alkyl halides is 2. The second kappa shape index (κ2) is 6.38. The fraction of sp³-hybridized carbons (Fsp3) is 1.00. The van der Waals surface area contributed by atoms with Gasteiger partial charge < -0.3 is 5.32 Å². The molecule has 1 aliphatic rings. The number of halogens is 2. The molecule has 1 N–H and O–H groups in total. The minimum Gasteiger partial charge on any atom is -0.314 e. The van der Waals surface area contributed by atoms with Crippen molar-refractivity contribution in [2.45, 2.75) is 51.1 Å². The number of hydrogen-bond donors (Lipinski definition) is 1. The molecule has 1 rings (SSSR count). The van der Waals surface area contributed by atoms with Crippen LogP contribution in [0.4, 0.5) is 8.78 Å². The Balaban J connectivity index is 2.34. The number of nitrogens with one attached hydrogen (secondary N) is 1. The first-order valence-electron chi connectivity index (χ1n) is 5.85. The lowest BCUT2D eigenvalue weighted by molar-refractivity contribution is 0.0662. The normalized spacial score (nSPS) is 27.6. The first kappa shape index (κ1) is 12.8. The molecule has 2 atom stereocenters. The lowest BCUT2D eigenvalue weighted by Gasteiger charge is -2.35. The summed E-state index contributed by atoms with van der Waals surface area (Å²) in [5, 5.41) is 3.41. The largest absolute Gasteiger partial charge is 0.314 e. The van der Waals surface area contributed by atoms with Crippen molar-refractivity contribution in [1.82, 2.24) is 10.2 Å². The Bertz CT molecular complexity index is 174. The van der Waals surface area contributed by atoms with E-state index in [0.29, 0.717) is 12.1 Å². The summed E-state index contributed by atoms with van der Waals surface area (Å²) < 4.78 is 24.5. The van der Waals surface area contributed by atoms with Crippen molar-refractivity contribution < 1.29 is 8.78 Å². The van der Waals surface area contributed by atoms with Gasteiger partial charge in [0.05, 0.1) is 6.54 Å². The molecule has 0 saturated heterocycles. The van der Waals surface area contributed by atoms with E-state index >= 15 is 0 Å². The average Bonchev–Trinajstić information content (AvgIpc) is 2.17. The van der Waals surface area contributed by atoms with Crippen molar-refractivity contribution >= 4 is 0 Å². The monoisotopic (exact) mass is 220 g/mol. The Labute approximate surface area is 91.0 Å². The molecule has 1 saturated carbocycles. The van der Waals surface area contributed by atoms with Gasteiger partial charge in [0.15, 0.2) is 0 Å². The molecule has 90 valence electrons. The van der Waals surface area contributed by atoms with Gasteiger partial charge in [-0.05, 0) is 32.9 Å². The molecule has 2 unspecified atom stereocenters. The van der Waals surface area contributed by atoms with Crippen LogP contribution in [0.25, 0.3) is 0 Å². The van der Waals surface area contributed by atoms with Crippen LogP contribution in [0.5, 0.6) is 0 Å². The van der Waals surface area contributed by atoms with Gasteiger partial charge in [-0.3, -0.25) is 4.90 Å². The minimum absolute atomic E-state index is 0.0937. The Morgan fingerprint density at radius 1 is 1.40 bits per heavy atom. The van der Waals surface area contributed by atoms with Crippen molar-refractivity contribution in [2.75, 3.05) is 20.1 Å². The summed E-state index contributed by atoms with van der Waals surface area (Å²) in [6, 6.07) is 0.852. The summed E-state index contributed by atoms with van der Waals surface area (Å²) in [6.07, 6.45) is 2.19. The first-order chi connectivity index (χ1) is 7.13. The molecule has 0 heterocycles. The maximum absolute atomic E-state index is 12.2. The molecule has 0 bridgehead atoms. The van der Waals surface area contributed by atoms with Crippen molar-refractivity contribution in [3.63, 3.8) is 0 Å². The number of rotatable bonds is 5. The van der Waals surface area contributed by atoms with Crippen LogP contribution in [-0.2, 0) is 0 Å². The Morgan fingerprint density at radius 2 is 2.13 bits per heavy atom. The van der Waals surface area contributed by atoms with Crippen LogP contribution in [0, 0.1) is 0 Å². The first-order valence-corrected chi connectivity index (χ1v) is 5.85. The van der Waals surface area contributed by atoms with Crippen LogP contribution in [0.1, 0.15) is 32.6 Å². The van der Waals surface area contributed by atoms with Crippen molar-refractivity contribution in [3.05, 3.63) is 0 Å². The zero-order chi connectivity index (χ0) is 11.3. The lowest BCUT2D eigenvalue weighted by atomic mass is 9.90. The van der Waals surface area contributed by atoms with E-state index in [1.165, 1.54) is 6.42 Å². The van der Waals surface area contributed by atoms with Gasteiger partial charge >= 0.3 is 0 Å². The highest BCUT2D eigenvalue weighted by atomic mass is 19.3. The topological polar surface area (TPSA) is 15.3 Å². The van der Waals surface area contributed by atoms with E-state index < -0.39 is 6.43 Å². The Kier molecular flexibility index (Phi) is 5.47. The summed E-state index contributed by atoms with van der Waals surface area (Å²) in [6.45, 7) is 2.96. The van der Waals surface area contributed by atoms with Gasteiger partial charge in [0.1, 0.15) is 0 Å². The molecule has 1 aliphatic carbocycles. The van der Waals surface area contributed by atoms with Crippen LogP contribution >= 0.6 is 0 Å². The maximum Gasteiger partial charge on any atom is 0.251 e. The number of hydrogen-bond acceptors (Lipinski definition) is 2. The predicted molar refractivity (Wildman–Crippen MR) is 58.4 cm³/mol. The third-order valence-corrected chi connectivity index (χ3v) is 3.19. The van der Waals surface area contributed by atoms with E-state index in [2.05, 4.69) is 12.2 Å². The molecule has 0 aliphatic heterocycles. The standard InChI is InChI=1S/C11H22F2N2/c1-3-14-9-5-4-6-10(7-9)15(2)8-11(12)13/h9-11,14H,3-8H2,1-2H3. The Morgan fingerprint density at radius 3 is 2.73 bits per heavy atom. The van der Waals surface area contributed by atoms with Crippen molar-refractivity contribution in [1.29, 1.82) is 0 Å². The molecule has 2 nitrogen and oxygen atoms in total. The molecule has 0 radical (unpaired) electrons. The molecular weight excluding hydrogens is 198 g/mol. The van der Waals surface area contributed by atoms with Gasteiger partial charge in [0, 0.05) is 12.1 Å². The second-order valence-corrected chi connectivity index (χ2v) is 4.41. The van der Waals surface area contributed by atoms with Crippen LogP contribution in [0.3, 0.4) is 0 Å². The smallest absolute Gasteiger partial charge is 0.251 e. The predicted octanol–water partition coefficient (Wildman–Crippen LogP) is 2.10. The maximum atomic E-state index is 12.2. The van der Waals surface area contributed by atoms with E-state index in [1.54, 1.807) is 0 Å². The fourth-order valence-corrected chi connectivity index (χ4v) is 2.41. The number of nitrogens with zero attached hydrogens (tertiary/aromatic N) is 1. The third kappa shape index (κ3) is 4.43. The summed E-state index contributed by atoms with van der Waals surface area (Å²) in [5.41, 5.74) is 0. The molecule has 1 fully saturated rings. The quantitative estimate of drug-likeness (QED) is 0.763. The summed E-state index contributed by atoms with van der Waals surface area (Å²) in [7, 11) is 1.81. The van der Waals surface area contributed by atoms with Crippen LogP contribution in [0.15, 0.2) is 0 Å². The summed E-state index contributed by atoms with van der Waals surface area (Å²) >= 11 is 0. The van der Waals surface area contributed by atoms with Crippen molar-refractivity contribution in [3.8, 4) is 0 Å². The molecule has 0 amide bonds. The lowest BCUT2D eigenvalue weighted by Crippen LogP contribution is -2.44. The molecule has 0 aromatic rings. The molecule has 15 heavy (non-hydrogen) atoms. The molecule has 0 aromatic heterocycles. The molecule has 0 spiro atoms. The molecule has 0 aromatic carbocycles. The Hall–Kier alpha value is -0.220. The highest BCUT2D eigenvalue weighted by molar-refractivity contribution is 4.82. The zero-order valence-electron chi connectivity index (χ0n) is 9.68. The van der Waals surface area contributed by atoms with Crippen LogP contribution in [0.2, 0.25) is 0 Å². The van der Waals surface area contributed by atoms with Crippen LogP contribution in [-0.4, -0.2) is 43.5 Å². The average molecular weight is 220 g/mol. The second-order valence-electron chi connectivity index (χ2n) is 4.41. The highest BCUT2D eigenvalue weighted by Gasteiger charge is 2.25. The van der Waals surface area contributed by atoms with Gasteiger partial charge in [-0.25, -0.2) is 8.78 Å². The molecule has 4 heteroatoms.